The number of amides is 1. The van der Waals surface area contributed by atoms with E-state index >= 15 is 0 Å². The Morgan fingerprint density at radius 1 is 1.12 bits per heavy atom. The first-order valence-electron chi connectivity index (χ1n) is 7.48. The summed E-state index contributed by atoms with van der Waals surface area (Å²) in [5.74, 6) is 0.445. The first kappa shape index (κ1) is 18.0. The molecule has 0 fully saturated rings. The van der Waals surface area contributed by atoms with E-state index in [1.165, 1.54) is 0 Å². The van der Waals surface area contributed by atoms with Gasteiger partial charge in [-0.15, -0.1) is 0 Å². The summed E-state index contributed by atoms with van der Waals surface area (Å²) >= 11 is 0. The molecule has 0 unspecified atom stereocenters. The molecule has 1 N–H and O–H groups in total. The fourth-order valence-corrected chi connectivity index (χ4v) is 2.96. The second kappa shape index (κ2) is 7.05. The van der Waals surface area contributed by atoms with Crippen molar-refractivity contribution in [2.75, 3.05) is 13.4 Å². The van der Waals surface area contributed by atoms with Crippen molar-refractivity contribution in [2.24, 2.45) is 0 Å². The molecule has 128 valence electrons. The van der Waals surface area contributed by atoms with Crippen LogP contribution in [0, 0.1) is 6.92 Å². The maximum atomic E-state index is 12.4. The van der Waals surface area contributed by atoms with Crippen molar-refractivity contribution in [3.63, 3.8) is 0 Å². The van der Waals surface area contributed by atoms with Gasteiger partial charge in [0.25, 0.3) is 5.91 Å². The Balaban J connectivity index is 2.14. The highest BCUT2D eigenvalue weighted by Crippen LogP contribution is 2.20. The lowest BCUT2D eigenvalue weighted by Gasteiger charge is -2.15. The van der Waals surface area contributed by atoms with Crippen LogP contribution < -0.4 is 10.1 Å². The Bertz CT molecular complexity index is 842. The van der Waals surface area contributed by atoms with Crippen LogP contribution in [-0.2, 0) is 9.84 Å². The van der Waals surface area contributed by atoms with E-state index in [0.717, 1.165) is 17.4 Å². The molecular weight excluding hydrogens is 326 g/mol. The molecule has 0 saturated heterocycles. The van der Waals surface area contributed by atoms with Crippen LogP contribution >= 0.6 is 0 Å². The van der Waals surface area contributed by atoms with Crippen molar-refractivity contribution in [1.82, 2.24) is 5.32 Å². The summed E-state index contributed by atoms with van der Waals surface area (Å²) in [4.78, 5) is 12.6. The number of methoxy groups -OCH3 is 1. The summed E-state index contributed by atoms with van der Waals surface area (Å²) in [6.45, 7) is 3.76. The SMILES string of the molecule is COc1cc(C(=O)N[C@H](C)c2ccc(S(C)(=O)=O)cc2)ccc1C. The van der Waals surface area contributed by atoms with Crippen LogP contribution in [0.5, 0.6) is 5.75 Å². The first-order chi connectivity index (χ1) is 11.2. The molecule has 0 aliphatic carbocycles. The minimum absolute atomic E-state index is 0.215. The highest BCUT2D eigenvalue weighted by atomic mass is 32.2. The number of carbonyl (C=O) groups is 1. The van der Waals surface area contributed by atoms with Gasteiger partial charge < -0.3 is 10.1 Å². The number of rotatable bonds is 5. The van der Waals surface area contributed by atoms with Crippen LogP contribution in [0.15, 0.2) is 47.4 Å². The van der Waals surface area contributed by atoms with Crippen molar-refractivity contribution >= 4 is 15.7 Å². The molecule has 24 heavy (non-hydrogen) atoms. The maximum absolute atomic E-state index is 12.4. The van der Waals surface area contributed by atoms with Crippen LogP contribution in [-0.4, -0.2) is 27.7 Å². The van der Waals surface area contributed by atoms with Crippen molar-refractivity contribution in [1.29, 1.82) is 0 Å². The van der Waals surface area contributed by atoms with E-state index in [1.54, 1.807) is 43.5 Å². The minimum atomic E-state index is -3.22. The summed E-state index contributed by atoms with van der Waals surface area (Å²) in [6, 6.07) is 11.5. The normalized spacial score (nSPS) is 12.5. The zero-order valence-corrected chi connectivity index (χ0v) is 15.0. The van der Waals surface area contributed by atoms with Gasteiger partial charge in [-0.05, 0) is 49.2 Å². The third-order valence-electron chi connectivity index (χ3n) is 3.83. The van der Waals surface area contributed by atoms with Crippen molar-refractivity contribution in [2.45, 2.75) is 24.8 Å². The average molecular weight is 347 g/mol. The lowest BCUT2D eigenvalue weighted by molar-refractivity contribution is 0.0939. The molecule has 0 aliphatic heterocycles. The Kier molecular flexibility index (Phi) is 5.29. The second-order valence-corrected chi connectivity index (χ2v) is 7.74. The predicted octanol–water partition coefficient (Wildman–Crippen LogP) is 2.90. The van der Waals surface area contributed by atoms with E-state index in [1.807, 2.05) is 19.9 Å². The molecule has 0 spiro atoms. The number of nitrogens with one attached hydrogen (secondary N) is 1. The van der Waals surface area contributed by atoms with Crippen LogP contribution in [0.3, 0.4) is 0 Å². The number of hydrogen-bond donors (Lipinski definition) is 1. The summed E-state index contributed by atoms with van der Waals surface area (Å²) in [6.07, 6.45) is 1.16. The molecule has 0 aliphatic rings. The van der Waals surface area contributed by atoms with Gasteiger partial charge in [0.15, 0.2) is 9.84 Å². The van der Waals surface area contributed by atoms with Gasteiger partial charge in [0, 0.05) is 11.8 Å². The van der Waals surface area contributed by atoms with Gasteiger partial charge >= 0.3 is 0 Å². The van der Waals surface area contributed by atoms with Gasteiger partial charge in [0.1, 0.15) is 5.75 Å². The zero-order chi connectivity index (χ0) is 17.9. The zero-order valence-electron chi connectivity index (χ0n) is 14.2. The highest BCUT2D eigenvalue weighted by molar-refractivity contribution is 7.90. The van der Waals surface area contributed by atoms with Crippen molar-refractivity contribution in [3.05, 3.63) is 59.2 Å². The van der Waals surface area contributed by atoms with Crippen molar-refractivity contribution < 1.29 is 17.9 Å². The average Bonchev–Trinajstić information content (AvgIpc) is 2.54. The molecule has 0 bridgehead atoms. The van der Waals surface area contributed by atoms with Gasteiger partial charge in [-0.3, -0.25) is 4.79 Å². The second-order valence-electron chi connectivity index (χ2n) is 5.72. The third kappa shape index (κ3) is 4.14. The molecule has 1 amide bonds. The van der Waals surface area contributed by atoms with Gasteiger partial charge in [0.05, 0.1) is 18.0 Å². The van der Waals surface area contributed by atoms with Gasteiger partial charge in [-0.25, -0.2) is 8.42 Å². The predicted molar refractivity (Wildman–Crippen MR) is 93.2 cm³/mol. The Morgan fingerprint density at radius 3 is 2.29 bits per heavy atom. The third-order valence-corrected chi connectivity index (χ3v) is 4.95. The van der Waals surface area contributed by atoms with Gasteiger partial charge in [0.2, 0.25) is 0 Å². The molecule has 2 rings (SSSR count). The summed E-state index contributed by atoms with van der Waals surface area (Å²) < 4.78 is 28.2. The lowest BCUT2D eigenvalue weighted by Crippen LogP contribution is -2.26. The molecule has 0 heterocycles. The Hall–Kier alpha value is -2.34. The Morgan fingerprint density at radius 2 is 1.75 bits per heavy atom. The number of sulfone groups is 1. The van der Waals surface area contributed by atoms with Crippen LogP contribution in [0.1, 0.15) is 34.5 Å². The molecule has 0 radical (unpaired) electrons. The van der Waals surface area contributed by atoms with Crippen LogP contribution in [0.4, 0.5) is 0 Å². The fourth-order valence-electron chi connectivity index (χ4n) is 2.33. The Labute approximate surface area is 142 Å². The number of carbonyl (C=O) groups excluding carboxylic acids is 1. The molecular formula is C18H21NO4S. The lowest BCUT2D eigenvalue weighted by atomic mass is 10.1. The topological polar surface area (TPSA) is 72.5 Å². The maximum Gasteiger partial charge on any atom is 0.251 e. The van der Waals surface area contributed by atoms with E-state index < -0.39 is 9.84 Å². The molecule has 2 aromatic carbocycles. The largest absolute Gasteiger partial charge is 0.496 e. The quantitative estimate of drug-likeness (QED) is 0.903. The summed E-state index contributed by atoms with van der Waals surface area (Å²) in [5.41, 5.74) is 2.30. The van der Waals surface area contributed by atoms with E-state index in [-0.39, 0.29) is 16.8 Å². The molecule has 0 saturated carbocycles. The highest BCUT2D eigenvalue weighted by Gasteiger charge is 2.14. The monoisotopic (exact) mass is 347 g/mol. The molecule has 5 nitrogen and oxygen atoms in total. The standard InChI is InChI=1S/C18H21NO4S/c1-12-5-6-15(11-17(12)23-3)18(20)19-13(2)14-7-9-16(10-8-14)24(4,21)22/h5-11,13H,1-4H3,(H,19,20)/t13-/m1/s1. The summed E-state index contributed by atoms with van der Waals surface area (Å²) in [7, 11) is -1.66. The van der Waals surface area contributed by atoms with Crippen LogP contribution in [0.25, 0.3) is 0 Å². The number of benzene rings is 2. The fraction of sp³-hybridized carbons (Fsp3) is 0.278. The van der Waals surface area contributed by atoms with E-state index in [9.17, 15) is 13.2 Å². The van der Waals surface area contributed by atoms with Crippen molar-refractivity contribution in [3.8, 4) is 5.75 Å². The number of hydrogen-bond acceptors (Lipinski definition) is 4. The molecule has 2 aromatic rings. The molecule has 6 heteroatoms. The summed E-state index contributed by atoms with van der Waals surface area (Å²) in [5, 5.41) is 2.90. The van der Waals surface area contributed by atoms with Gasteiger partial charge in [-0.2, -0.15) is 0 Å². The van der Waals surface area contributed by atoms with Gasteiger partial charge in [-0.1, -0.05) is 18.2 Å². The van der Waals surface area contributed by atoms with E-state index in [4.69, 9.17) is 4.74 Å². The first-order valence-corrected chi connectivity index (χ1v) is 9.37. The number of ether oxygens (including phenoxy) is 1. The van der Waals surface area contributed by atoms with E-state index in [2.05, 4.69) is 5.32 Å². The minimum Gasteiger partial charge on any atom is -0.496 e. The molecule has 1 atom stereocenters. The van der Waals surface area contributed by atoms with Crippen LogP contribution in [0.2, 0.25) is 0 Å². The number of aryl methyl sites for hydroxylation is 1. The van der Waals surface area contributed by atoms with E-state index in [0.29, 0.717) is 11.3 Å². The molecule has 0 aromatic heterocycles. The smallest absolute Gasteiger partial charge is 0.251 e.